The van der Waals surface area contributed by atoms with Crippen LogP contribution >= 0.6 is 0 Å². The quantitative estimate of drug-likeness (QED) is 0.0290. The first-order chi connectivity index (χ1) is 63.2. The third kappa shape index (κ3) is 24.3. The molecule has 0 saturated carbocycles. The number of hydrogen-bond donors (Lipinski definition) is 32. The summed E-state index contributed by atoms with van der Waals surface area (Å²) in [5.74, 6) is -4.78. The van der Waals surface area contributed by atoms with Crippen molar-refractivity contribution in [1.29, 1.82) is 0 Å². The normalized spacial score (nSPS) is 49.7. The number of ether oxygens (including phenoxy) is 21. The molecule has 0 aromatic rings. The van der Waals surface area contributed by atoms with Crippen LogP contribution in [0.15, 0.2) is 0 Å². The number of carbonyl (C=O) groups is 5. The minimum absolute atomic E-state index is 0.877. The minimum Gasteiger partial charge on any atom is -0.394 e. The molecule has 5 amide bonds. The number of aliphatic hydroxyl groups excluding tert-OH is 27. The number of hydrogen-bond acceptors (Lipinski definition) is 53. The predicted octanol–water partition coefficient (Wildman–Crippen LogP) is -21.2. The van der Waals surface area contributed by atoms with Crippen LogP contribution in [0.4, 0.5) is 0 Å². The van der Waals surface area contributed by atoms with Gasteiger partial charge in [0.25, 0.3) is 0 Å². The van der Waals surface area contributed by atoms with Crippen molar-refractivity contribution >= 4 is 29.5 Å². The molecule has 134 heavy (non-hydrogen) atoms. The molecule has 55 atom stereocenters. The Labute approximate surface area is 760 Å². The van der Waals surface area contributed by atoms with E-state index in [2.05, 4.69) is 26.6 Å². The Bertz CT molecular complexity index is 3730. The van der Waals surface area contributed by atoms with Crippen LogP contribution in [0, 0.1) is 0 Å². The van der Waals surface area contributed by atoms with Gasteiger partial charge in [-0.2, -0.15) is 0 Å². The topological polar surface area (TPSA) is 886 Å². The lowest BCUT2D eigenvalue weighted by Gasteiger charge is -2.52. The van der Waals surface area contributed by atoms with Crippen molar-refractivity contribution in [3.05, 3.63) is 0 Å². The van der Waals surface area contributed by atoms with Gasteiger partial charge in [0.1, 0.15) is 250 Å². The van der Waals surface area contributed by atoms with Gasteiger partial charge >= 0.3 is 0 Å². The van der Waals surface area contributed by atoms with Gasteiger partial charge in [-0.25, -0.2) is 0 Å². The summed E-state index contributed by atoms with van der Waals surface area (Å²) in [4.78, 5) is 65.8. The van der Waals surface area contributed by atoms with Crippen LogP contribution in [0.25, 0.3) is 0 Å². The standard InChI is InChI=1S/C76H127N5O53/c1-17-38(93)49(104)54(109)71(116-17)114-16-32-60(61(36(66(113)119-32)80-23(7)91)130-72-55(110)50(105)39(94)18(2)117-72)129-69-35(79-22(6)90)48(103)58(29(13-86)124-69)127-74-57(112)63(45(100)31(126-74)15-115-75-64(52(107)43(98)27(11-84)122-75)133-68-34(78-21(5)89)47(102)42(97)26(10-83)121-68)132-76-65(53(108)44(99)28(12-85)123-76)134-70-37(81-24(8)92)62(131-73-56(111)51(106)40(95)19(3)118-73)59(30(14-87)125-70)128-67-33(77-20(4)88)46(101)41(96)25(9-82)120-67/h17-19,25-76,82-87,93-113H,9-16H2,1-8H3,(H,77,88)(H,78,89)(H,79,90)(H,80,91)(H,81,92)/t17-,18-,19-,25+,26+,27+,28+,29+,30+,31+,32+,33+,34+,35+,36+,37+,38+,39+,40+,41-,42+,43+,44+,45+,46+,47+,48+,49+,50+,51+,52-,53-,54-,55-,56-,57-,58+,59+,60+,61+,62+,63-,64-,65-,66+,67-,68-,69-,70-,71+,72-,73-,74-,75-,76+/m0/s1. The van der Waals surface area contributed by atoms with E-state index in [1.54, 1.807) is 0 Å². The summed E-state index contributed by atoms with van der Waals surface area (Å²) in [5.41, 5.74) is 0. The van der Waals surface area contributed by atoms with Crippen molar-refractivity contribution in [2.24, 2.45) is 0 Å². The van der Waals surface area contributed by atoms with Crippen LogP contribution in [-0.4, -0.2) is 558 Å². The molecular weight excluding hydrogens is 1830 g/mol. The number of amides is 5. The lowest BCUT2D eigenvalue weighted by Crippen LogP contribution is -2.72. The predicted molar refractivity (Wildman–Crippen MR) is 416 cm³/mol. The van der Waals surface area contributed by atoms with Gasteiger partial charge in [-0.15, -0.1) is 0 Å². The maximum absolute atomic E-state index is 13.7. The Morgan fingerprint density at radius 2 is 0.485 bits per heavy atom. The third-order valence-electron chi connectivity index (χ3n) is 24.9. The smallest absolute Gasteiger partial charge is 0.217 e. The average Bonchev–Trinajstić information content (AvgIpc) is 0.762. The van der Waals surface area contributed by atoms with Gasteiger partial charge in [0.05, 0.1) is 71.2 Å². The highest BCUT2D eigenvalue weighted by molar-refractivity contribution is 5.75. The van der Waals surface area contributed by atoms with Crippen LogP contribution in [0.5, 0.6) is 0 Å². The fourth-order valence-electron chi connectivity index (χ4n) is 17.5. The van der Waals surface area contributed by atoms with Gasteiger partial charge in [0.2, 0.25) is 29.5 Å². The Balaban J connectivity index is 0.979. The Morgan fingerprint density at radius 3 is 0.910 bits per heavy atom. The first-order valence-corrected chi connectivity index (χ1v) is 43.2. The van der Waals surface area contributed by atoms with E-state index < -0.39 is 420 Å². The zero-order valence-corrected chi connectivity index (χ0v) is 73.1. The molecule has 11 fully saturated rings. The zero-order valence-electron chi connectivity index (χ0n) is 73.1. The molecule has 32 N–H and O–H groups in total. The Hall–Kier alpha value is -4.57. The first kappa shape index (κ1) is 110. The molecule has 0 aromatic heterocycles. The van der Waals surface area contributed by atoms with Gasteiger partial charge in [0.15, 0.2) is 69.2 Å². The van der Waals surface area contributed by atoms with Gasteiger partial charge in [-0.3, -0.25) is 24.0 Å². The Morgan fingerprint density at radius 1 is 0.209 bits per heavy atom. The molecule has 0 bridgehead atoms. The molecule has 58 nitrogen and oxygen atoms in total. The molecule has 0 unspecified atom stereocenters. The fraction of sp³-hybridized carbons (Fsp3) is 0.934. The monoisotopic (exact) mass is 1960 g/mol. The van der Waals surface area contributed by atoms with E-state index in [1.165, 1.54) is 20.8 Å². The van der Waals surface area contributed by atoms with E-state index in [0.717, 1.165) is 34.6 Å². The van der Waals surface area contributed by atoms with Crippen molar-refractivity contribution in [2.75, 3.05) is 52.9 Å². The summed E-state index contributed by atoms with van der Waals surface area (Å²) < 4.78 is 129. The van der Waals surface area contributed by atoms with Crippen LogP contribution < -0.4 is 26.6 Å². The maximum Gasteiger partial charge on any atom is 0.217 e. The summed E-state index contributed by atoms with van der Waals surface area (Å²) >= 11 is 0. The molecule has 0 aromatic carbocycles. The largest absolute Gasteiger partial charge is 0.394 e. The second-order valence-corrected chi connectivity index (χ2v) is 34.5. The van der Waals surface area contributed by atoms with E-state index in [4.69, 9.17) is 99.5 Å². The van der Waals surface area contributed by atoms with Gasteiger partial charge in [-0.1, -0.05) is 0 Å². The highest BCUT2D eigenvalue weighted by atomic mass is 16.8. The summed E-state index contributed by atoms with van der Waals surface area (Å²) in [5, 5.41) is 318. The van der Waals surface area contributed by atoms with E-state index in [9.17, 15) is 162 Å². The molecule has 58 heteroatoms. The van der Waals surface area contributed by atoms with E-state index in [-0.39, 0.29) is 0 Å². The fourth-order valence-corrected chi connectivity index (χ4v) is 17.5. The highest BCUT2D eigenvalue weighted by Gasteiger charge is 2.63. The molecule has 0 spiro atoms. The molecule has 11 heterocycles. The highest BCUT2D eigenvalue weighted by Crippen LogP contribution is 2.42. The Kier molecular flexibility index (Phi) is 39.0. The second-order valence-electron chi connectivity index (χ2n) is 34.5. The molecule has 0 aliphatic carbocycles. The van der Waals surface area contributed by atoms with Gasteiger partial charge in [-0.05, 0) is 20.8 Å². The van der Waals surface area contributed by atoms with Crippen molar-refractivity contribution in [3.63, 3.8) is 0 Å². The van der Waals surface area contributed by atoms with E-state index >= 15 is 0 Å². The van der Waals surface area contributed by atoms with Crippen molar-refractivity contribution < 1.29 is 261 Å². The van der Waals surface area contributed by atoms with E-state index in [0.29, 0.717) is 0 Å². The molecule has 11 aliphatic rings. The summed E-state index contributed by atoms with van der Waals surface area (Å²) in [6.45, 7) is -0.797. The molecule has 0 radical (unpaired) electrons. The minimum atomic E-state index is -2.71. The summed E-state index contributed by atoms with van der Waals surface area (Å²) in [6, 6.07) is -9.72. The molecule has 11 saturated heterocycles. The molecule has 774 valence electrons. The average molecular weight is 1960 g/mol. The number of rotatable bonds is 33. The van der Waals surface area contributed by atoms with Gasteiger partial charge in [0, 0.05) is 34.6 Å². The lowest BCUT2D eigenvalue weighted by molar-refractivity contribution is -0.402. The first-order valence-electron chi connectivity index (χ1n) is 43.2. The third-order valence-corrected chi connectivity index (χ3v) is 24.9. The van der Waals surface area contributed by atoms with Gasteiger partial charge < -0.3 is 264 Å². The van der Waals surface area contributed by atoms with Crippen molar-refractivity contribution in [3.8, 4) is 0 Å². The molecular formula is C76H127N5O53. The van der Waals surface area contributed by atoms with Crippen molar-refractivity contribution in [2.45, 2.75) is 393 Å². The SMILES string of the molecule is CC(=O)N[C@@H]1[C@@H](O[C@@H]2O[C@@H](C)[C@@H](O)[C@@H](O)[C@@H]2O)[C@H](O[C@@H]2O[C@H](CO)[C@@H](O[C@@H]3O[C@H](CO[C@H]4O[C@H](CO)[C@@H](O)[C@H](O)[C@@H]4O[C@@H]4O[C@H](CO)[C@@H](O)[C@H](O)[C@H]4NC(C)=O)[C@@H](O)[C@H](O[C@H]4O[C@H](CO)[C@@H](O)[C@H](O)[C@@H]4O[C@@H]4O[C@H](CO)[C@@H](O[C@@H]5O[C@H](CO)[C@H](O)[C@H](O)[C@H]5NC(C)=O)[C@H](O[C@@H]5O[C@@H](C)[C@@H](O)[C@@H](O)[C@@H]5O)[C@H]4NC(C)=O)[C@@H]3O)[C@H](O)[C@H]2NC(C)=O)[C@@H](CO[C@@H]2O[C@@H](C)[C@@H](O)[C@@H](O)[C@@H]2O)O[C@H]1O. The molecule has 11 aliphatic heterocycles. The summed E-state index contributed by atoms with van der Waals surface area (Å²) in [6.07, 6.45) is -105. The maximum atomic E-state index is 13.7. The van der Waals surface area contributed by atoms with Crippen LogP contribution in [0.3, 0.4) is 0 Å². The van der Waals surface area contributed by atoms with Crippen LogP contribution in [0.2, 0.25) is 0 Å². The number of aliphatic hydroxyl groups is 27. The van der Waals surface area contributed by atoms with Crippen LogP contribution in [-0.2, 0) is 123 Å². The number of carbonyl (C=O) groups excluding carboxylic acids is 5. The van der Waals surface area contributed by atoms with E-state index in [1.807, 2.05) is 0 Å². The van der Waals surface area contributed by atoms with Crippen molar-refractivity contribution in [1.82, 2.24) is 26.6 Å². The zero-order chi connectivity index (χ0) is 98.7. The second kappa shape index (κ2) is 47.5. The molecule has 11 rings (SSSR count). The van der Waals surface area contributed by atoms with Crippen LogP contribution in [0.1, 0.15) is 55.4 Å². The number of nitrogens with one attached hydrogen (secondary N) is 5. The lowest BCUT2D eigenvalue weighted by atomic mass is 9.93. The summed E-state index contributed by atoms with van der Waals surface area (Å²) in [7, 11) is 0.